The third-order valence-corrected chi connectivity index (χ3v) is 7.28. The minimum atomic E-state index is -3.49. The summed E-state index contributed by atoms with van der Waals surface area (Å²) in [5, 5.41) is 8.69. The Morgan fingerprint density at radius 1 is 1.43 bits per heavy atom. The smallest absolute Gasteiger partial charge is 0.303 e. The first-order valence-electron chi connectivity index (χ1n) is 6.51. The molecule has 0 amide bonds. The van der Waals surface area contributed by atoms with Crippen LogP contribution in [0, 0.1) is 12.3 Å². The number of aryl methyl sites for hydroxylation is 1. The third-order valence-electron chi connectivity index (χ3n) is 3.21. The highest BCUT2D eigenvalue weighted by molar-refractivity contribution is 9.11. The highest BCUT2D eigenvalue weighted by atomic mass is 79.9. The van der Waals surface area contributed by atoms with Crippen molar-refractivity contribution >= 4 is 43.3 Å². The van der Waals surface area contributed by atoms with E-state index in [9.17, 15) is 13.2 Å². The molecule has 21 heavy (non-hydrogen) atoms. The molecule has 0 aliphatic heterocycles. The molecule has 5 nitrogen and oxygen atoms in total. The summed E-state index contributed by atoms with van der Waals surface area (Å²) in [5.41, 5.74) is 0.675. The Hall–Kier alpha value is -0.440. The van der Waals surface area contributed by atoms with Crippen LogP contribution in [0.15, 0.2) is 14.1 Å². The molecule has 0 aliphatic carbocycles. The quantitative estimate of drug-likeness (QED) is 0.703. The summed E-state index contributed by atoms with van der Waals surface area (Å²) < 4.78 is 27.9. The molecular formula is C13H20BrNO4S2. The number of hydrogen-bond donors (Lipinski definition) is 2. The summed E-state index contributed by atoms with van der Waals surface area (Å²) in [6.45, 7) is 6.02. The zero-order chi connectivity index (χ0) is 16.3. The number of hydrogen-bond acceptors (Lipinski definition) is 4. The summed E-state index contributed by atoms with van der Waals surface area (Å²) in [6.07, 6.45) is 1.20. The zero-order valence-electron chi connectivity index (χ0n) is 12.3. The largest absolute Gasteiger partial charge is 0.481 e. The second-order valence-electron chi connectivity index (χ2n) is 5.73. The van der Waals surface area contributed by atoms with E-state index in [-0.39, 0.29) is 16.0 Å². The molecule has 0 atom stereocenters. The lowest BCUT2D eigenvalue weighted by Crippen LogP contribution is -2.28. The van der Waals surface area contributed by atoms with Gasteiger partial charge in [-0.15, -0.1) is 11.3 Å². The molecule has 1 heterocycles. The third kappa shape index (κ3) is 6.06. The van der Waals surface area contributed by atoms with Gasteiger partial charge < -0.3 is 5.11 Å². The highest BCUT2D eigenvalue weighted by Gasteiger charge is 2.22. The fraction of sp³-hybridized carbons (Fsp3) is 0.615. The summed E-state index contributed by atoms with van der Waals surface area (Å²) in [7, 11) is -3.49. The van der Waals surface area contributed by atoms with E-state index in [0.717, 1.165) is 9.35 Å². The van der Waals surface area contributed by atoms with Crippen molar-refractivity contribution in [1.29, 1.82) is 0 Å². The van der Waals surface area contributed by atoms with Gasteiger partial charge in [0, 0.05) is 13.0 Å². The number of rotatable bonds is 8. The first-order chi connectivity index (χ1) is 9.53. The van der Waals surface area contributed by atoms with Crippen LogP contribution in [-0.2, 0) is 14.8 Å². The van der Waals surface area contributed by atoms with Gasteiger partial charge in [-0.1, -0.05) is 13.8 Å². The first-order valence-corrected chi connectivity index (χ1v) is 9.60. The van der Waals surface area contributed by atoms with Gasteiger partial charge in [0.05, 0.1) is 3.79 Å². The SMILES string of the molecule is Cc1cc(S(=O)(=O)NCCC(C)(C)CCC(=O)O)sc1Br. The molecule has 0 unspecified atom stereocenters. The van der Waals surface area contributed by atoms with E-state index in [4.69, 9.17) is 5.11 Å². The van der Waals surface area contributed by atoms with Crippen LogP contribution in [0.3, 0.4) is 0 Å². The van der Waals surface area contributed by atoms with Crippen LogP contribution < -0.4 is 4.72 Å². The molecule has 120 valence electrons. The van der Waals surface area contributed by atoms with E-state index in [1.165, 1.54) is 11.3 Å². The lowest BCUT2D eigenvalue weighted by Gasteiger charge is -2.23. The van der Waals surface area contributed by atoms with Gasteiger partial charge in [-0.25, -0.2) is 13.1 Å². The Balaban J connectivity index is 2.56. The van der Waals surface area contributed by atoms with Gasteiger partial charge in [0.2, 0.25) is 10.0 Å². The van der Waals surface area contributed by atoms with Crippen molar-refractivity contribution in [2.75, 3.05) is 6.54 Å². The van der Waals surface area contributed by atoms with E-state index >= 15 is 0 Å². The van der Waals surface area contributed by atoms with Crippen molar-refractivity contribution in [3.63, 3.8) is 0 Å². The number of carboxylic acid groups (broad SMARTS) is 1. The Bertz CT molecular complexity index is 588. The van der Waals surface area contributed by atoms with Crippen LogP contribution in [0.2, 0.25) is 0 Å². The number of carboxylic acids is 1. The van der Waals surface area contributed by atoms with E-state index in [1.807, 2.05) is 20.8 Å². The topological polar surface area (TPSA) is 83.5 Å². The van der Waals surface area contributed by atoms with Crippen molar-refractivity contribution in [2.45, 2.75) is 44.2 Å². The van der Waals surface area contributed by atoms with Crippen molar-refractivity contribution in [3.8, 4) is 0 Å². The van der Waals surface area contributed by atoms with Crippen molar-refractivity contribution in [2.24, 2.45) is 5.41 Å². The van der Waals surface area contributed by atoms with Gasteiger partial charge in [0.15, 0.2) is 0 Å². The molecule has 0 aromatic carbocycles. The molecule has 1 rings (SSSR count). The summed E-state index contributed by atoms with van der Waals surface area (Å²) in [4.78, 5) is 10.6. The second-order valence-corrected chi connectivity index (χ2v) is 10.1. The minimum absolute atomic E-state index is 0.0941. The monoisotopic (exact) mass is 397 g/mol. The van der Waals surface area contributed by atoms with Gasteiger partial charge in [-0.05, 0) is 52.7 Å². The maximum atomic E-state index is 12.1. The van der Waals surface area contributed by atoms with Gasteiger partial charge in [-0.3, -0.25) is 4.79 Å². The average molecular weight is 398 g/mol. The van der Waals surface area contributed by atoms with Crippen LogP contribution in [-0.4, -0.2) is 26.0 Å². The Morgan fingerprint density at radius 3 is 2.52 bits per heavy atom. The van der Waals surface area contributed by atoms with E-state index < -0.39 is 16.0 Å². The van der Waals surface area contributed by atoms with Gasteiger partial charge in [0.25, 0.3) is 0 Å². The predicted octanol–water partition coefficient (Wildman–Crippen LogP) is 3.38. The summed E-state index contributed by atoms with van der Waals surface area (Å²) in [5.74, 6) is -0.831. The fourth-order valence-corrected chi connectivity index (χ4v) is 5.03. The molecule has 0 saturated carbocycles. The van der Waals surface area contributed by atoms with E-state index in [0.29, 0.717) is 19.4 Å². The highest BCUT2D eigenvalue weighted by Crippen LogP contribution is 2.31. The van der Waals surface area contributed by atoms with Gasteiger partial charge >= 0.3 is 5.97 Å². The number of sulfonamides is 1. The Labute approximate surface area is 137 Å². The van der Waals surface area contributed by atoms with Crippen molar-refractivity contribution in [1.82, 2.24) is 4.72 Å². The van der Waals surface area contributed by atoms with Crippen LogP contribution in [0.4, 0.5) is 0 Å². The van der Waals surface area contributed by atoms with Crippen molar-refractivity contribution in [3.05, 3.63) is 15.4 Å². The molecular weight excluding hydrogens is 378 g/mol. The van der Waals surface area contributed by atoms with Crippen LogP contribution in [0.5, 0.6) is 0 Å². The van der Waals surface area contributed by atoms with Crippen molar-refractivity contribution < 1.29 is 18.3 Å². The standard InChI is InChI=1S/C13H20BrNO4S2/c1-9-8-11(20-12(9)14)21(18,19)15-7-6-13(2,3)5-4-10(16)17/h8,15H,4-7H2,1-3H3,(H,16,17). The number of aliphatic carboxylic acids is 1. The predicted molar refractivity (Wildman–Crippen MR) is 87.2 cm³/mol. The lowest BCUT2D eigenvalue weighted by molar-refractivity contribution is -0.137. The molecule has 8 heteroatoms. The number of carbonyl (C=O) groups is 1. The van der Waals surface area contributed by atoms with E-state index in [1.54, 1.807) is 6.07 Å². The molecule has 0 fully saturated rings. The molecule has 0 spiro atoms. The Morgan fingerprint density at radius 2 is 2.05 bits per heavy atom. The van der Waals surface area contributed by atoms with Crippen LogP contribution in [0.1, 0.15) is 38.7 Å². The average Bonchev–Trinajstić information content (AvgIpc) is 2.68. The lowest BCUT2D eigenvalue weighted by atomic mass is 9.84. The Kier molecular flexibility index (Phi) is 6.39. The zero-order valence-corrected chi connectivity index (χ0v) is 15.5. The fourth-order valence-electron chi connectivity index (χ4n) is 1.73. The molecule has 1 aromatic rings. The van der Waals surface area contributed by atoms with E-state index in [2.05, 4.69) is 20.7 Å². The normalized spacial score (nSPS) is 12.6. The van der Waals surface area contributed by atoms with Crippen LogP contribution >= 0.6 is 27.3 Å². The summed E-state index contributed by atoms with van der Waals surface area (Å²) in [6, 6.07) is 1.63. The molecule has 0 aliphatic rings. The molecule has 2 N–H and O–H groups in total. The molecule has 1 aromatic heterocycles. The number of nitrogens with one attached hydrogen (secondary N) is 1. The number of thiophene rings is 1. The minimum Gasteiger partial charge on any atom is -0.481 e. The van der Waals surface area contributed by atoms with Gasteiger partial charge in [0.1, 0.15) is 4.21 Å². The summed E-state index contributed by atoms with van der Waals surface area (Å²) >= 11 is 4.50. The van der Waals surface area contributed by atoms with Crippen LogP contribution in [0.25, 0.3) is 0 Å². The maximum absolute atomic E-state index is 12.1. The van der Waals surface area contributed by atoms with Gasteiger partial charge in [-0.2, -0.15) is 0 Å². The molecule has 0 saturated heterocycles. The molecule has 0 radical (unpaired) electrons. The first kappa shape index (κ1) is 18.6. The maximum Gasteiger partial charge on any atom is 0.303 e. The second kappa shape index (κ2) is 7.21. The number of halogens is 1. The molecule has 0 bridgehead atoms.